The van der Waals surface area contributed by atoms with Crippen molar-refractivity contribution in [3.05, 3.63) is 35.7 Å². The lowest BCUT2D eigenvalue weighted by Crippen LogP contribution is -2.47. The summed E-state index contributed by atoms with van der Waals surface area (Å²) in [6.45, 7) is 2.22. The van der Waals surface area contributed by atoms with Crippen molar-refractivity contribution >= 4 is 22.6 Å². The number of aromatic amines is 1. The Kier molecular flexibility index (Phi) is 3.10. The van der Waals surface area contributed by atoms with Crippen molar-refractivity contribution < 1.29 is 0 Å². The van der Waals surface area contributed by atoms with Crippen molar-refractivity contribution in [2.24, 2.45) is 0 Å². The van der Waals surface area contributed by atoms with Crippen LogP contribution in [-0.4, -0.2) is 44.3 Å². The van der Waals surface area contributed by atoms with Crippen LogP contribution in [0.1, 0.15) is 6.04 Å². The van der Waals surface area contributed by atoms with Crippen molar-refractivity contribution in [3.63, 3.8) is 0 Å². The summed E-state index contributed by atoms with van der Waals surface area (Å²) in [7, 11) is 0. The molecule has 0 aromatic carbocycles. The van der Waals surface area contributed by atoms with Crippen molar-refractivity contribution in [2.75, 3.05) is 19.6 Å². The molecule has 1 aliphatic heterocycles. The lowest BCUT2D eigenvalue weighted by atomic mass is 10.1. The van der Waals surface area contributed by atoms with E-state index in [1.54, 1.807) is 12.3 Å². The van der Waals surface area contributed by atoms with Crippen molar-refractivity contribution in [1.82, 2.24) is 24.6 Å². The number of likely N-dealkylation sites (tertiary alicyclic amines) is 1. The predicted octanol–water partition coefficient (Wildman–Crippen LogP) is 2.46. The molecule has 0 unspecified atom stereocenters. The second kappa shape index (κ2) is 5.13. The van der Waals surface area contributed by atoms with Crippen LogP contribution in [0.5, 0.6) is 0 Å². The van der Waals surface area contributed by atoms with Crippen LogP contribution in [0.4, 0.5) is 0 Å². The number of hydrogen-bond acceptors (Lipinski definition) is 4. The maximum atomic E-state index is 8.67. The number of aromatic nitrogens is 4. The van der Waals surface area contributed by atoms with Crippen molar-refractivity contribution in [1.29, 1.82) is 5.26 Å². The van der Waals surface area contributed by atoms with E-state index in [2.05, 4.69) is 26.0 Å². The van der Waals surface area contributed by atoms with E-state index < -0.39 is 0 Å². The molecule has 3 aromatic rings. The van der Waals surface area contributed by atoms with E-state index >= 15 is 0 Å². The number of nitrogens with one attached hydrogen (secondary N) is 1. The average molecular weight is 313 g/mol. The van der Waals surface area contributed by atoms with Crippen LogP contribution in [0, 0.1) is 11.3 Å². The van der Waals surface area contributed by atoms with Gasteiger partial charge in [0, 0.05) is 36.4 Å². The van der Waals surface area contributed by atoms with E-state index in [1.807, 2.05) is 23.1 Å². The minimum absolute atomic E-state index is 0.341. The molecular weight excluding hydrogens is 300 g/mol. The average Bonchev–Trinajstić information content (AvgIpc) is 3.09. The topological polar surface area (TPSA) is 73.5 Å². The quantitative estimate of drug-likeness (QED) is 0.754. The minimum Gasteiger partial charge on any atom is -0.339 e. The summed E-state index contributed by atoms with van der Waals surface area (Å²) < 4.78 is 1.96. The largest absolute Gasteiger partial charge is 0.339 e. The summed E-state index contributed by atoms with van der Waals surface area (Å²) in [6.07, 6.45) is 5.55. The van der Waals surface area contributed by atoms with E-state index in [-0.39, 0.29) is 0 Å². The smallest absolute Gasteiger partial charge is 0.139 e. The number of fused-ring (bicyclic) bond motifs is 1. The zero-order valence-electron chi connectivity index (χ0n) is 11.7. The molecule has 0 bridgehead atoms. The highest BCUT2D eigenvalue weighted by atomic mass is 35.5. The number of halogens is 1. The molecule has 1 aliphatic rings. The second-order valence-corrected chi connectivity index (χ2v) is 5.86. The van der Waals surface area contributed by atoms with Crippen molar-refractivity contribution in [3.8, 4) is 17.3 Å². The molecule has 1 saturated heterocycles. The third kappa shape index (κ3) is 2.15. The Morgan fingerprint density at radius 1 is 1.45 bits per heavy atom. The molecule has 110 valence electrons. The van der Waals surface area contributed by atoms with Gasteiger partial charge in [0.15, 0.2) is 0 Å². The SMILES string of the molecule is N#CCN1CC(n2cc(-c3cc4c(Cl)ccnc4[nH]3)cn2)C1. The van der Waals surface area contributed by atoms with Gasteiger partial charge >= 0.3 is 0 Å². The van der Waals surface area contributed by atoms with E-state index in [4.69, 9.17) is 16.9 Å². The van der Waals surface area contributed by atoms with Gasteiger partial charge in [0.05, 0.1) is 35.6 Å². The molecule has 0 atom stereocenters. The van der Waals surface area contributed by atoms with Gasteiger partial charge in [0.2, 0.25) is 0 Å². The highest BCUT2D eigenvalue weighted by molar-refractivity contribution is 6.35. The molecule has 0 spiro atoms. The van der Waals surface area contributed by atoms with Crippen LogP contribution in [0.3, 0.4) is 0 Å². The highest BCUT2D eigenvalue weighted by Gasteiger charge is 2.28. The first-order valence-corrected chi connectivity index (χ1v) is 7.39. The first kappa shape index (κ1) is 13.3. The molecule has 4 heterocycles. The molecule has 0 saturated carbocycles. The molecule has 1 fully saturated rings. The first-order chi connectivity index (χ1) is 10.7. The van der Waals surface area contributed by atoms with E-state index in [1.165, 1.54) is 0 Å². The molecular formula is C15H13ClN6. The summed E-state index contributed by atoms with van der Waals surface area (Å²) >= 11 is 6.18. The van der Waals surface area contributed by atoms with Gasteiger partial charge in [-0.15, -0.1) is 0 Å². The number of pyridine rings is 1. The molecule has 6 nitrogen and oxygen atoms in total. The van der Waals surface area contributed by atoms with Crippen LogP contribution in [0.15, 0.2) is 30.7 Å². The molecule has 0 amide bonds. The molecule has 7 heteroatoms. The predicted molar refractivity (Wildman–Crippen MR) is 83.4 cm³/mol. The normalized spacial score (nSPS) is 15.8. The fourth-order valence-electron chi connectivity index (χ4n) is 2.77. The molecule has 0 aliphatic carbocycles. The summed E-state index contributed by atoms with van der Waals surface area (Å²) in [5, 5.41) is 14.7. The van der Waals surface area contributed by atoms with E-state index in [0.717, 1.165) is 35.4 Å². The van der Waals surface area contributed by atoms with Gasteiger partial charge in [0.1, 0.15) is 5.65 Å². The van der Waals surface area contributed by atoms with Gasteiger partial charge < -0.3 is 4.98 Å². The van der Waals surface area contributed by atoms with Crippen LogP contribution in [0.25, 0.3) is 22.3 Å². The van der Waals surface area contributed by atoms with Gasteiger partial charge in [-0.2, -0.15) is 10.4 Å². The zero-order chi connectivity index (χ0) is 15.1. The van der Waals surface area contributed by atoms with Gasteiger partial charge in [-0.3, -0.25) is 9.58 Å². The van der Waals surface area contributed by atoms with Gasteiger partial charge in [-0.25, -0.2) is 4.98 Å². The number of H-pyrrole nitrogens is 1. The summed E-state index contributed by atoms with van der Waals surface area (Å²) in [4.78, 5) is 9.65. The number of hydrogen-bond donors (Lipinski definition) is 1. The van der Waals surface area contributed by atoms with Crippen LogP contribution in [0.2, 0.25) is 5.02 Å². The number of nitrogens with zero attached hydrogens (tertiary/aromatic N) is 5. The summed E-state index contributed by atoms with van der Waals surface area (Å²) in [6, 6.07) is 6.28. The van der Waals surface area contributed by atoms with E-state index in [0.29, 0.717) is 17.6 Å². The van der Waals surface area contributed by atoms with Gasteiger partial charge in [-0.05, 0) is 12.1 Å². The number of nitriles is 1. The number of rotatable bonds is 3. The third-order valence-corrected chi connectivity index (χ3v) is 4.33. The maximum Gasteiger partial charge on any atom is 0.139 e. The fraction of sp³-hybridized carbons (Fsp3) is 0.267. The Hall–Kier alpha value is -2.36. The molecule has 0 radical (unpaired) electrons. The molecule has 22 heavy (non-hydrogen) atoms. The minimum atomic E-state index is 0.341. The Morgan fingerprint density at radius 3 is 3.09 bits per heavy atom. The monoisotopic (exact) mass is 312 g/mol. The van der Waals surface area contributed by atoms with Gasteiger partial charge in [-0.1, -0.05) is 11.6 Å². The van der Waals surface area contributed by atoms with Crippen LogP contribution >= 0.6 is 11.6 Å². The van der Waals surface area contributed by atoms with Crippen molar-refractivity contribution in [2.45, 2.75) is 6.04 Å². The zero-order valence-corrected chi connectivity index (χ0v) is 12.5. The lowest BCUT2D eigenvalue weighted by molar-refractivity contribution is 0.115. The van der Waals surface area contributed by atoms with Crippen LogP contribution < -0.4 is 0 Å². The molecule has 1 N–H and O–H groups in total. The standard InChI is InChI=1S/C15H13ClN6/c16-13-1-3-18-15-12(13)5-14(20-15)10-6-19-22(7-10)11-8-21(9-11)4-2-17/h1,3,5-7,11H,4,8-9H2,(H,18,20). The highest BCUT2D eigenvalue weighted by Crippen LogP contribution is 2.28. The molecule has 4 rings (SSSR count). The third-order valence-electron chi connectivity index (χ3n) is 4.00. The van der Waals surface area contributed by atoms with E-state index in [9.17, 15) is 0 Å². The fourth-order valence-corrected chi connectivity index (χ4v) is 2.97. The summed E-state index contributed by atoms with van der Waals surface area (Å²) in [5.74, 6) is 0. The first-order valence-electron chi connectivity index (χ1n) is 7.01. The van der Waals surface area contributed by atoms with Crippen LogP contribution in [-0.2, 0) is 0 Å². The molecule has 3 aromatic heterocycles. The van der Waals surface area contributed by atoms with Gasteiger partial charge in [0.25, 0.3) is 0 Å². The maximum absolute atomic E-state index is 8.67. The summed E-state index contributed by atoms with van der Waals surface area (Å²) in [5.41, 5.74) is 2.74. The second-order valence-electron chi connectivity index (χ2n) is 5.45. The Labute approximate surface area is 131 Å². The Balaban J connectivity index is 1.58. The Morgan fingerprint density at radius 2 is 2.32 bits per heavy atom. The Bertz CT molecular complexity index is 868. The lowest BCUT2D eigenvalue weighted by Gasteiger charge is -2.37.